The monoisotopic (exact) mass is 372 g/mol. The van der Waals surface area contributed by atoms with Crippen LogP contribution in [-0.2, 0) is 5.75 Å². The van der Waals surface area contributed by atoms with Crippen molar-refractivity contribution in [2.45, 2.75) is 5.75 Å². The molecule has 0 saturated carbocycles. The van der Waals surface area contributed by atoms with Crippen LogP contribution in [0, 0.1) is 0 Å². The predicted molar refractivity (Wildman–Crippen MR) is 105 cm³/mol. The van der Waals surface area contributed by atoms with Crippen LogP contribution in [0.5, 0.6) is 0 Å². The van der Waals surface area contributed by atoms with Gasteiger partial charge in [-0.2, -0.15) is 11.8 Å². The molecule has 25 heavy (non-hydrogen) atoms. The van der Waals surface area contributed by atoms with Crippen molar-refractivity contribution in [2.75, 3.05) is 12.3 Å². The molecule has 0 fully saturated rings. The summed E-state index contributed by atoms with van der Waals surface area (Å²) in [6, 6.07) is 16.4. The van der Waals surface area contributed by atoms with Crippen molar-refractivity contribution in [3.8, 4) is 0 Å². The summed E-state index contributed by atoms with van der Waals surface area (Å²) < 4.78 is 0. The number of aromatic nitrogens is 1. The number of halogens is 1. The zero-order chi connectivity index (χ0) is 17.6. The molecule has 0 bridgehead atoms. The lowest BCUT2D eigenvalue weighted by Crippen LogP contribution is -2.27. The molecule has 0 aliphatic carbocycles. The van der Waals surface area contributed by atoms with Gasteiger partial charge in [0.25, 0.3) is 5.91 Å². The number of aromatic amines is 1. The molecule has 0 aliphatic rings. The van der Waals surface area contributed by atoms with E-state index in [1.54, 1.807) is 17.8 Å². The van der Waals surface area contributed by atoms with Gasteiger partial charge >= 0.3 is 0 Å². The number of pyridine rings is 1. The van der Waals surface area contributed by atoms with Crippen molar-refractivity contribution < 1.29 is 4.79 Å². The second-order valence-electron chi connectivity index (χ2n) is 5.53. The van der Waals surface area contributed by atoms with Gasteiger partial charge in [0.1, 0.15) is 0 Å². The van der Waals surface area contributed by atoms with E-state index in [4.69, 9.17) is 11.6 Å². The van der Waals surface area contributed by atoms with Crippen molar-refractivity contribution in [1.82, 2.24) is 10.3 Å². The Balaban J connectivity index is 1.56. The van der Waals surface area contributed by atoms with Crippen LogP contribution in [0.4, 0.5) is 0 Å². The molecule has 3 aromatic rings. The minimum atomic E-state index is -0.279. The zero-order valence-electron chi connectivity index (χ0n) is 13.4. The third kappa shape index (κ3) is 4.65. The van der Waals surface area contributed by atoms with E-state index in [9.17, 15) is 9.59 Å². The minimum Gasteiger partial charge on any atom is -0.351 e. The molecular formula is C19H17ClN2O2S. The average Bonchev–Trinajstić information content (AvgIpc) is 2.60. The van der Waals surface area contributed by atoms with Crippen LogP contribution in [-0.4, -0.2) is 23.2 Å². The highest BCUT2D eigenvalue weighted by atomic mass is 35.5. The first-order valence-electron chi connectivity index (χ1n) is 7.86. The number of thioether (sulfide) groups is 1. The van der Waals surface area contributed by atoms with Gasteiger partial charge in [0.05, 0.1) is 5.56 Å². The van der Waals surface area contributed by atoms with Gasteiger partial charge in [-0.05, 0) is 23.8 Å². The summed E-state index contributed by atoms with van der Waals surface area (Å²) in [5, 5.41) is 4.35. The Bertz CT molecular complexity index is 955. The SMILES string of the molecule is O=C(NCCSCc1cccc(Cl)c1)c1cc(=O)[nH]c2ccccc12. The molecule has 6 heteroatoms. The van der Waals surface area contributed by atoms with Gasteiger partial charge in [0.2, 0.25) is 5.56 Å². The van der Waals surface area contributed by atoms with Gasteiger partial charge in [-0.15, -0.1) is 0 Å². The molecule has 1 heterocycles. The maximum absolute atomic E-state index is 12.4. The Kier molecular flexibility index (Phi) is 5.79. The number of nitrogens with one attached hydrogen (secondary N) is 2. The summed E-state index contributed by atoms with van der Waals surface area (Å²) in [7, 11) is 0. The van der Waals surface area contributed by atoms with Crippen LogP contribution in [0.3, 0.4) is 0 Å². The highest BCUT2D eigenvalue weighted by Crippen LogP contribution is 2.17. The fraction of sp³-hybridized carbons (Fsp3) is 0.158. The van der Waals surface area contributed by atoms with Crippen LogP contribution in [0.25, 0.3) is 10.9 Å². The van der Waals surface area contributed by atoms with Crippen molar-refractivity contribution >= 4 is 40.2 Å². The number of carbonyl (C=O) groups is 1. The van der Waals surface area contributed by atoms with Gasteiger partial charge in [0, 0.05) is 40.0 Å². The Labute approximate surface area is 154 Å². The quantitative estimate of drug-likeness (QED) is 0.646. The highest BCUT2D eigenvalue weighted by Gasteiger charge is 2.10. The molecular weight excluding hydrogens is 356 g/mol. The molecule has 0 spiro atoms. The summed E-state index contributed by atoms with van der Waals surface area (Å²) in [6.45, 7) is 0.533. The molecule has 0 radical (unpaired) electrons. The molecule has 0 aliphatic heterocycles. The average molecular weight is 373 g/mol. The Morgan fingerprint density at radius 2 is 1.96 bits per heavy atom. The summed E-state index contributed by atoms with van der Waals surface area (Å²) in [5.74, 6) is 1.38. The second-order valence-corrected chi connectivity index (χ2v) is 7.07. The molecule has 4 nitrogen and oxygen atoms in total. The molecule has 2 aromatic carbocycles. The largest absolute Gasteiger partial charge is 0.351 e. The Morgan fingerprint density at radius 1 is 1.12 bits per heavy atom. The summed E-state index contributed by atoms with van der Waals surface area (Å²) in [5.41, 5.74) is 1.94. The smallest absolute Gasteiger partial charge is 0.252 e. The number of fused-ring (bicyclic) bond motifs is 1. The van der Waals surface area contributed by atoms with Gasteiger partial charge in [-0.25, -0.2) is 0 Å². The molecule has 1 amide bonds. The number of H-pyrrole nitrogens is 1. The van der Waals surface area contributed by atoms with Crippen molar-refractivity contribution in [3.63, 3.8) is 0 Å². The number of benzene rings is 2. The van der Waals surface area contributed by atoms with E-state index < -0.39 is 0 Å². The number of para-hydroxylation sites is 1. The fourth-order valence-corrected chi connectivity index (χ4v) is 3.56. The molecule has 0 atom stereocenters. The van der Waals surface area contributed by atoms with Gasteiger partial charge < -0.3 is 10.3 Å². The standard InChI is InChI=1S/C19H17ClN2O2S/c20-14-5-3-4-13(10-14)12-25-9-8-21-19(24)16-11-18(23)22-17-7-2-1-6-15(16)17/h1-7,10-11H,8-9,12H2,(H,21,24)(H,22,23). The first kappa shape index (κ1) is 17.6. The highest BCUT2D eigenvalue weighted by molar-refractivity contribution is 7.98. The van der Waals surface area contributed by atoms with E-state index in [1.165, 1.54) is 6.07 Å². The number of hydrogen-bond acceptors (Lipinski definition) is 3. The Morgan fingerprint density at radius 3 is 2.80 bits per heavy atom. The lowest BCUT2D eigenvalue weighted by atomic mass is 10.1. The van der Waals surface area contributed by atoms with E-state index in [0.717, 1.165) is 27.5 Å². The van der Waals surface area contributed by atoms with E-state index in [2.05, 4.69) is 10.3 Å². The third-order valence-corrected chi connectivity index (χ3v) is 4.95. The van der Waals surface area contributed by atoms with Crippen LogP contribution >= 0.6 is 23.4 Å². The minimum absolute atomic E-state index is 0.231. The first-order chi connectivity index (χ1) is 12.1. The Hall–Kier alpha value is -2.24. The maximum Gasteiger partial charge on any atom is 0.252 e. The van der Waals surface area contributed by atoms with Crippen molar-refractivity contribution in [3.05, 3.63) is 81.1 Å². The molecule has 0 unspecified atom stereocenters. The van der Waals surface area contributed by atoms with Crippen LogP contribution < -0.4 is 10.9 Å². The fourth-order valence-electron chi connectivity index (χ4n) is 2.54. The van der Waals surface area contributed by atoms with E-state index in [1.807, 2.05) is 42.5 Å². The number of amides is 1. The number of rotatable bonds is 6. The number of hydrogen-bond donors (Lipinski definition) is 2. The molecule has 0 saturated heterocycles. The van der Waals surface area contributed by atoms with Crippen molar-refractivity contribution in [2.24, 2.45) is 0 Å². The van der Waals surface area contributed by atoms with Gasteiger partial charge in [0.15, 0.2) is 0 Å². The van der Waals surface area contributed by atoms with Crippen LogP contribution in [0.15, 0.2) is 59.4 Å². The molecule has 1 aromatic heterocycles. The third-order valence-electron chi connectivity index (χ3n) is 3.68. The van der Waals surface area contributed by atoms with Crippen molar-refractivity contribution in [1.29, 1.82) is 0 Å². The summed E-state index contributed by atoms with van der Waals surface area (Å²) in [4.78, 5) is 26.9. The van der Waals surface area contributed by atoms with Gasteiger partial charge in [-0.3, -0.25) is 9.59 Å². The van der Waals surface area contributed by atoms with E-state index in [0.29, 0.717) is 17.6 Å². The van der Waals surface area contributed by atoms with E-state index >= 15 is 0 Å². The molecule has 3 rings (SSSR count). The summed E-state index contributed by atoms with van der Waals surface area (Å²) in [6.07, 6.45) is 0. The zero-order valence-corrected chi connectivity index (χ0v) is 15.0. The predicted octanol–water partition coefficient (Wildman–Crippen LogP) is 3.84. The molecule has 128 valence electrons. The topological polar surface area (TPSA) is 62.0 Å². The number of carbonyl (C=O) groups excluding carboxylic acids is 1. The summed E-state index contributed by atoms with van der Waals surface area (Å²) >= 11 is 7.68. The molecule has 2 N–H and O–H groups in total. The second kappa shape index (κ2) is 8.23. The maximum atomic E-state index is 12.4. The lowest BCUT2D eigenvalue weighted by Gasteiger charge is -2.08. The van der Waals surface area contributed by atoms with Crippen LogP contribution in [0.1, 0.15) is 15.9 Å². The first-order valence-corrected chi connectivity index (χ1v) is 9.39. The normalized spacial score (nSPS) is 10.8. The van der Waals surface area contributed by atoms with Crippen LogP contribution in [0.2, 0.25) is 5.02 Å². The lowest BCUT2D eigenvalue weighted by molar-refractivity contribution is 0.0957. The van der Waals surface area contributed by atoms with Gasteiger partial charge in [-0.1, -0.05) is 41.9 Å². The van der Waals surface area contributed by atoms with E-state index in [-0.39, 0.29) is 11.5 Å².